The van der Waals surface area contributed by atoms with Gasteiger partial charge in [0, 0.05) is 31.7 Å². The molecule has 0 saturated carbocycles. The molecule has 136 valence electrons. The average molecular weight is 345 g/mol. The number of piperidine rings is 1. The molecular weight excluding hydrogens is 317 g/mol. The van der Waals surface area contributed by atoms with Crippen molar-refractivity contribution in [2.24, 2.45) is 0 Å². The summed E-state index contributed by atoms with van der Waals surface area (Å²) in [4.78, 5) is 17.6. The fourth-order valence-corrected chi connectivity index (χ4v) is 4.64. The van der Waals surface area contributed by atoms with E-state index in [1.807, 2.05) is 12.1 Å². The molecule has 4 rings (SSSR count). The number of hydrogen-bond acceptors (Lipinski definition) is 3. The first-order valence-electron chi connectivity index (χ1n) is 9.72. The van der Waals surface area contributed by atoms with Gasteiger partial charge in [-0.1, -0.05) is 18.6 Å². The van der Waals surface area contributed by atoms with Gasteiger partial charge in [-0.2, -0.15) is 0 Å². The van der Waals surface area contributed by atoms with E-state index in [9.17, 15) is 9.18 Å². The third kappa shape index (κ3) is 3.87. The van der Waals surface area contributed by atoms with Crippen LogP contribution in [0, 0.1) is 5.82 Å². The van der Waals surface area contributed by atoms with Gasteiger partial charge >= 0.3 is 0 Å². The summed E-state index contributed by atoms with van der Waals surface area (Å²) in [6, 6.07) is 7.74. The molecule has 3 atom stereocenters. The second kappa shape index (κ2) is 7.42. The molecule has 3 heterocycles. The molecule has 2 bridgehead atoms. The zero-order chi connectivity index (χ0) is 17.2. The molecule has 1 aromatic carbocycles. The minimum absolute atomic E-state index is 0.0181. The Morgan fingerprint density at radius 2 is 1.84 bits per heavy atom. The van der Waals surface area contributed by atoms with Crippen LogP contribution in [0.2, 0.25) is 0 Å². The van der Waals surface area contributed by atoms with Crippen LogP contribution in [-0.4, -0.2) is 53.5 Å². The molecule has 0 spiro atoms. The molecule has 0 radical (unpaired) electrons. The van der Waals surface area contributed by atoms with Crippen molar-refractivity contribution in [3.63, 3.8) is 0 Å². The third-order valence-electron chi connectivity index (χ3n) is 6.03. The number of nitrogens with zero attached hydrogens (tertiary/aromatic N) is 2. The Labute approximate surface area is 149 Å². The maximum absolute atomic E-state index is 13.2. The van der Waals surface area contributed by atoms with Gasteiger partial charge in [-0.25, -0.2) is 4.39 Å². The van der Waals surface area contributed by atoms with E-state index in [-0.39, 0.29) is 11.9 Å². The Bertz CT molecular complexity index is 605. The number of hydrogen-bond donors (Lipinski definition) is 1. The summed E-state index contributed by atoms with van der Waals surface area (Å²) >= 11 is 0. The van der Waals surface area contributed by atoms with Gasteiger partial charge in [0.25, 0.3) is 0 Å². The molecule has 3 unspecified atom stereocenters. The van der Waals surface area contributed by atoms with Crippen molar-refractivity contribution >= 4 is 5.91 Å². The molecule has 0 aliphatic carbocycles. The van der Waals surface area contributed by atoms with Gasteiger partial charge in [-0.15, -0.1) is 0 Å². The number of benzene rings is 1. The molecule has 3 aliphatic heterocycles. The van der Waals surface area contributed by atoms with Crippen LogP contribution in [0.3, 0.4) is 0 Å². The highest BCUT2D eigenvalue weighted by Crippen LogP contribution is 2.25. The van der Waals surface area contributed by atoms with Gasteiger partial charge in [0.1, 0.15) is 5.82 Å². The number of fused-ring (bicyclic) bond motifs is 2. The van der Waals surface area contributed by atoms with Crippen molar-refractivity contribution in [3.05, 3.63) is 35.6 Å². The highest BCUT2D eigenvalue weighted by atomic mass is 19.1. The van der Waals surface area contributed by atoms with E-state index >= 15 is 0 Å². The van der Waals surface area contributed by atoms with Gasteiger partial charge in [0.15, 0.2) is 0 Å². The van der Waals surface area contributed by atoms with Gasteiger partial charge in [-0.3, -0.25) is 9.69 Å². The van der Waals surface area contributed by atoms with Crippen LogP contribution in [0.25, 0.3) is 0 Å². The number of carbonyl (C=O) groups excluding carboxylic acids is 1. The van der Waals surface area contributed by atoms with Gasteiger partial charge in [0.2, 0.25) is 5.91 Å². The molecular formula is C20H28FN3O. The van der Waals surface area contributed by atoms with Crippen LogP contribution in [0.1, 0.15) is 44.1 Å². The highest BCUT2D eigenvalue weighted by molar-refractivity contribution is 5.82. The number of carbonyl (C=O) groups is 1. The summed E-state index contributed by atoms with van der Waals surface area (Å²) < 4.78 is 13.1. The van der Waals surface area contributed by atoms with Crippen LogP contribution >= 0.6 is 0 Å². The number of amides is 1. The standard InChI is InChI=1S/C20H28FN3O/c21-16-6-4-15(5-7-16)13-23-11-2-1-3-19(23)20(25)24-12-10-17-8-9-18(14-24)22-17/h4-7,17-19,22H,1-3,8-14H2. The predicted octanol–water partition coefficient (Wildman–Crippen LogP) is 2.53. The fraction of sp³-hybridized carbons (Fsp3) is 0.650. The minimum atomic E-state index is -0.206. The molecule has 1 amide bonds. The molecule has 3 saturated heterocycles. The van der Waals surface area contributed by atoms with Crippen LogP contribution in [0.4, 0.5) is 4.39 Å². The largest absolute Gasteiger partial charge is 0.340 e. The summed E-state index contributed by atoms with van der Waals surface area (Å²) in [5, 5.41) is 3.65. The number of likely N-dealkylation sites (tertiary alicyclic amines) is 2. The lowest BCUT2D eigenvalue weighted by atomic mass is 9.99. The Kier molecular flexibility index (Phi) is 5.04. The Morgan fingerprint density at radius 1 is 1.04 bits per heavy atom. The molecule has 5 heteroatoms. The van der Waals surface area contributed by atoms with Crippen LogP contribution in [-0.2, 0) is 11.3 Å². The summed E-state index contributed by atoms with van der Waals surface area (Å²) in [5.74, 6) is 0.0956. The quantitative estimate of drug-likeness (QED) is 0.914. The Hall–Kier alpha value is -1.46. The van der Waals surface area contributed by atoms with Crippen molar-refractivity contribution in [1.82, 2.24) is 15.1 Å². The normalized spacial score (nSPS) is 30.3. The summed E-state index contributed by atoms with van der Waals surface area (Å²) in [5.41, 5.74) is 1.08. The molecule has 25 heavy (non-hydrogen) atoms. The van der Waals surface area contributed by atoms with E-state index in [1.165, 1.54) is 25.0 Å². The van der Waals surface area contributed by atoms with E-state index in [0.29, 0.717) is 18.0 Å². The second-order valence-electron chi connectivity index (χ2n) is 7.82. The maximum Gasteiger partial charge on any atom is 0.239 e. The van der Waals surface area contributed by atoms with Gasteiger partial charge < -0.3 is 10.2 Å². The topological polar surface area (TPSA) is 35.6 Å². The highest BCUT2D eigenvalue weighted by Gasteiger charge is 2.36. The number of rotatable bonds is 3. The number of halogens is 1. The summed E-state index contributed by atoms with van der Waals surface area (Å²) in [7, 11) is 0. The lowest BCUT2D eigenvalue weighted by molar-refractivity contribution is -0.138. The fourth-order valence-electron chi connectivity index (χ4n) is 4.64. The SMILES string of the molecule is O=C(C1CCCCN1Cc1ccc(F)cc1)N1CCC2CCC(C1)N2. The molecule has 0 aromatic heterocycles. The third-order valence-corrected chi connectivity index (χ3v) is 6.03. The maximum atomic E-state index is 13.2. The van der Waals surface area contributed by atoms with Crippen molar-refractivity contribution in [3.8, 4) is 0 Å². The van der Waals surface area contributed by atoms with Crippen molar-refractivity contribution in [1.29, 1.82) is 0 Å². The molecule has 3 aliphatic rings. The van der Waals surface area contributed by atoms with E-state index in [1.54, 1.807) is 0 Å². The van der Waals surface area contributed by atoms with E-state index in [4.69, 9.17) is 0 Å². The monoisotopic (exact) mass is 345 g/mol. The van der Waals surface area contributed by atoms with Crippen LogP contribution < -0.4 is 5.32 Å². The summed E-state index contributed by atoms with van der Waals surface area (Å²) in [6.07, 6.45) is 6.72. The zero-order valence-corrected chi connectivity index (χ0v) is 14.8. The minimum Gasteiger partial charge on any atom is -0.340 e. The molecule has 1 N–H and O–H groups in total. The Morgan fingerprint density at radius 3 is 2.68 bits per heavy atom. The van der Waals surface area contributed by atoms with Crippen molar-refractivity contribution in [2.45, 2.75) is 63.2 Å². The first-order valence-corrected chi connectivity index (χ1v) is 9.72. The van der Waals surface area contributed by atoms with E-state index < -0.39 is 0 Å². The van der Waals surface area contributed by atoms with Crippen molar-refractivity contribution in [2.75, 3.05) is 19.6 Å². The average Bonchev–Trinajstić information content (AvgIpc) is 2.96. The van der Waals surface area contributed by atoms with Gasteiger partial charge in [0.05, 0.1) is 6.04 Å². The molecule has 1 aromatic rings. The second-order valence-corrected chi connectivity index (χ2v) is 7.82. The van der Waals surface area contributed by atoms with Crippen LogP contribution in [0.15, 0.2) is 24.3 Å². The zero-order valence-electron chi connectivity index (χ0n) is 14.8. The lowest BCUT2D eigenvalue weighted by Crippen LogP contribution is -2.52. The van der Waals surface area contributed by atoms with Crippen molar-refractivity contribution < 1.29 is 9.18 Å². The first kappa shape index (κ1) is 17.0. The number of nitrogens with one attached hydrogen (secondary N) is 1. The molecule has 4 nitrogen and oxygen atoms in total. The molecule has 3 fully saturated rings. The lowest BCUT2D eigenvalue weighted by Gasteiger charge is -2.38. The Balaban J connectivity index is 1.44. The predicted molar refractivity (Wildman–Crippen MR) is 95.6 cm³/mol. The smallest absolute Gasteiger partial charge is 0.239 e. The van der Waals surface area contributed by atoms with E-state index in [0.717, 1.165) is 57.4 Å². The first-order chi connectivity index (χ1) is 12.2. The van der Waals surface area contributed by atoms with Crippen LogP contribution in [0.5, 0.6) is 0 Å². The summed E-state index contributed by atoms with van der Waals surface area (Å²) in [6.45, 7) is 3.42. The van der Waals surface area contributed by atoms with Gasteiger partial charge in [-0.05, 0) is 56.3 Å². The van der Waals surface area contributed by atoms with E-state index in [2.05, 4.69) is 15.1 Å².